The molecule has 6 aromatic rings. The summed E-state index contributed by atoms with van der Waals surface area (Å²) in [6.45, 7) is 7.26. The third-order valence-electron chi connectivity index (χ3n) is 8.53. The Labute approximate surface area is 287 Å². The van der Waals surface area contributed by atoms with E-state index < -0.39 is 0 Å². The van der Waals surface area contributed by atoms with Crippen LogP contribution in [0.1, 0.15) is 50.1 Å². The topological polar surface area (TPSA) is 59.7 Å². The van der Waals surface area contributed by atoms with Crippen LogP contribution in [0.2, 0.25) is 10.0 Å². The van der Waals surface area contributed by atoms with Gasteiger partial charge in [-0.05, 0) is 85.4 Å². The fraction of sp³-hybridized carbons (Fsp3) is 0.278. The number of hydrogen-bond donors (Lipinski definition) is 0. The lowest BCUT2D eigenvalue weighted by Crippen LogP contribution is -2.29. The Bertz CT molecular complexity index is 1980. The molecule has 1 aliphatic heterocycles. The van der Waals surface area contributed by atoms with Crippen LogP contribution >= 0.6 is 46.3 Å². The number of fused-ring (bicyclic) bond motifs is 1. The molecule has 3 aromatic heterocycles. The van der Waals surface area contributed by atoms with E-state index in [9.17, 15) is 0 Å². The number of thiophene rings is 1. The van der Waals surface area contributed by atoms with Crippen LogP contribution in [0.4, 0.5) is 0 Å². The molecule has 0 aliphatic carbocycles. The van der Waals surface area contributed by atoms with Gasteiger partial charge >= 0.3 is 0 Å². The lowest BCUT2D eigenvalue weighted by atomic mass is 10.0. The van der Waals surface area contributed by atoms with Crippen molar-refractivity contribution in [1.29, 1.82) is 0 Å². The maximum atomic E-state index is 6.81. The van der Waals surface area contributed by atoms with Gasteiger partial charge in [0.25, 0.3) is 0 Å². The molecule has 0 saturated carbocycles. The van der Waals surface area contributed by atoms with E-state index in [1.165, 1.54) is 30.4 Å². The summed E-state index contributed by atoms with van der Waals surface area (Å²) in [5.41, 5.74) is 6.56. The number of benzene rings is 3. The number of piperidine rings is 1. The molecule has 0 unspecified atom stereocenters. The van der Waals surface area contributed by atoms with Gasteiger partial charge in [0, 0.05) is 21.5 Å². The first-order chi connectivity index (χ1) is 22.5. The van der Waals surface area contributed by atoms with Crippen LogP contribution in [0.3, 0.4) is 0 Å². The molecule has 46 heavy (non-hydrogen) atoms. The van der Waals surface area contributed by atoms with Crippen LogP contribution in [-0.2, 0) is 19.4 Å². The number of nitrogens with zero attached hydrogens (tertiary/aromatic N) is 6. The van der Waals surface area contributed by atoms with Crippen molar-refractivity contribution in [2.24, 2.45) is 0 Å². The molecular formula is C36H34Cl2N6S2. The second-order valence-electron chi connectivity index (χ2n) is 11.5. The maximum absolute atomic E-state index is 6.81. The molecule has 234 valence electrons. The predicted octanol–water partition coefficient (Wildman–Crippen LogP) is 10.2. The molecular weight excluding hydrogens is 651 g/mol. The van der Waals surface area contributed by atoms with Crippen LogP contribution < -0.4 is 0 Å². The van der Waals surface area contributed by atoms with Crippen LogP contribution in [0.15, 0.2) is 82.3 Å². The molecule has 0 atom stereocenters. The zero-order valence-electron chi connectivity index (χ0n) is 25.8. The number of likely N-dealkylation sites (tertiary alicyclic amines) is 1. The van der Waals surface area contributed by atoms with Crippen molar-refractivity contribution in [3.63, 3.8) is 0 Å². The highest BCUT2D eigenvalue weighted by Gasteiger charge is 2.25. The van der Waals surface area contributed by atoms with Gasteiger partial charge in [-0.25, -0.2) is 9.97 Å². The van der Waals surface area contributed by atoms with Crippen molar-refractivity contribution in [1.82, 2.24) is 29.6 Å². The minimum Gasteiger partial charge on any atom is -0.296 e. The normalized spacial score (nSPS) is 13.9. The van der Waals surface area contributed by atoms with Gasteiger partial charge < -0.3 is 0 Å². The summed E-state index contributed by atoms with van der Waals surface area (Å²) in [7, 11) is 0. The molecule has 7 rings (SSSR count). The van der Waals surface area contributed by atoms with E-state index in [0.717, 1.165) is 81.1 Å². The fourth-order valence-electron chi connectivity index (χ4n) is 6.22. The largest absolute Gasteiger partial charge is 0.296 e. The summed E-state index contributed by atoms with van der Waals surface area (Å²) in [5.74, 6) is 1.51. The maximum Gasteiger partial charge on any atom is 0.202 e. The summed E-state index contributed by atoms with van der Waals surface area (Å²) < 4.78 is 2.17. The van der Waals surface area contributed by atoms with E-state index >= 15 is 0 Å². The number of para-hydroxylation sites is 1. The van der Waals surface area contributed by atoms with E-state index in [4.69, 9.17) is 43.4 Å². The van der Waals surface area contributed by atoms with Crippen molar-refractivity contribution < 1.29 is 0 Å². The van der Waals surface area contributed by atoms with Crippen molar-refractivity contribution in [3.8, 4) is 28.2 Å². The smallest absolute Gasteiger partial charge is 0.202 e. The average Bonchev–Trinajstić information content (AvgIpc) is 3.69. The predicted molar refractivity (Wildman–Crippen MR) is 192 cm³/mol. The van der Waals surface area contributed by atoms with E-state index in [1.54, 1.807) is 29.2 Å². The molecule has 3 aromatic carbocycles. The summed E-state index contributed by atoms with van der Waals surface area (Å²) >= 11 is 16.3. The molecule has 4 heterocycles. The van der Waals surface area contributed by atoms with Gasteiger partial charge in [-0.2, -0.15) is 0 Å². The molecule has 0 amide bonds. The highest BCUT2D eigenvalue weighted by Crippen LogP contribution is 2.43. The van der Waals surface area contributed by atoms with E-state index in [1.807, 2.05) is 18.2 Å². The van der Waals surface area contributed by atoms with Crippen LogP contribution in [0.5, 0.6) is 0 Å². The summed E-state index contributed by atoms with van der Waals surface area (Å²) in [6.07, 6.45) is 5.45. The van der Waals surface area contributed by atoms with Crippen LogP contribution in [-0.4, -0.2) is 42.7 Å². The fourth-order valence-corrected chi connectivity index (χ4v) is 8.72. The van der Waals surface area contributed by atoms with Crippen molar-refractivity contribution >= 4 is 56.5 Å². The second-order valence-corrected chi connectivity index (χ2v) is 14.1. The zero-order chi connectivity index (χ0) is 31.6. The minimum atomic E-state index is 0.530. The Morgan fingerprint density at radius 2 is 1.59 bits per heavy atom. The lowest BCUT2D eigenvalue weighted by molar-refractivity contribution is 0.216. The standard InChI is InChI=1S/C36H34Cl2N6S2/c1-3-23-14-11-15-24(4-2)32(23)44-33(27-17-16-26(37)20-29(27)38)41-42-36(44)46-35-31-28(25-12-7-5-8-13-25)22-45-34(31)39-30(40-35)21-43-18-9-6-10-19-43/h5,7-8,11-17,20,22H,3-4,6,9-10,18-19,21H2,1-2H3. The monoisotopic (exact) mass is 684 g/mol. The summed E-state index contributed by atoms with van der Waals surface area (Å²) in [6, 6.07) is 22.5. The van der Waals surface area contributed by atoms with E-state index in [2.05, 4.69) is 71.2 Å². The number of hydrogen-bond acceptors (Lipinski definition) is 7. The van der Waals surface area contributed by atoms with Crippen LogP contribution in [0.25, 0.3) is 38.4 Å². The molecule has 6 nitrogen and oxygen atoms in total. The molecule has 0 spiro atoms. The number of aryl methyl sites for hydroxylation is 2. The highest BCUT2D eigenvalue weighted by atomic mass is 35.5. The van der Waals surface area contributed by atoms with Gasteiger partial charge in [0.05, 0.1) is 22.6 Å². The Balaban J connectivity index is 1.43. The molecule has 10 heteroatoms. The molecule has 1 aliphatic rings. The van der Waals surface area contributed by atoms with Gasteiger partial charge in [-0.3, -0.25) is 9.47 Å². The molecule has 1 saturated heterocycles. The van der Waals surface area contributed by atoms with Gasteiger partial charge in [-0.15, -0.1) is 21.5 Å². The van der Waals surface area contributed by atoms with Gasteiger partial charge in [0.15, 0.2) is 5.82 Å². The third kappa shape index (κ3) is 6.21. The minimum absolute atomic E-state index is 0.530. The highest BCUT2D eigenvalue weighted by molar-refractivity contribution is 7.99. The van der Waals surface area contributed by atoms with E-state index in [0.29, 0.717) is 15.9 Å². The Hall–Kier alpha value is -3.27. The number of aromatic nitrogens is 5. The van der Waals surface area contributed by atoms with E-state index in [-0.39, 0.29) is 0 Å². The number of rotatable bonds is 9. The van der Waals surface area contributed by atoms with Crippen molar-refractivity contribution in [3.05, 3.63) is 99.1 Å². The van der Waals surface area contributed by atoms with Crippen LogP contribution in [0, 0.1) is 0 Å². The van der Waals surface area contributed by atoms with Gasteiger partial charge in [0.1, 0.15) is 15.7 Å². The molecule has 0 bridgehead atoms. The Morgan fingerprint density at radius 1 is 0.826 bits per heavy atom. The second kappa shape index (κ2) is 13.8. The molecule has 0 radical (unpaired) electrons. The lowest BCUT2D eigenvalue weighted by Gasteiger charge is -2.25. The Kier molecular flexibility index (Phi) is 9.43. The quantitative estimate of drug-likeness (QED) is 0.141. The van der Waals surface area contributed by atoms with Gasteiger partial charge in [-0.1, -0.05) is 92.0 Å². The molecule has 1 fully saturated rings. The average molecular weight is 686 g/mol. The SMILES string of the molecule is CCc1cccc(CC)c1-n1c(Sc2nc(CN3CCCCC3)nc3scc(-c4ccccc4)c23)nnc1-c1ccc(Cl)cc1Cl. The first-order valence-corrected chi connectivity index (χ1v) is 18.2. The zero-order valence-corrected chi connectivity index (χ0v) is 29.0. The molecule has 0 N–H and O–H groups in total. The summed E-state index contributed by atoms with van der Waals surface area (Å²) in [4.78, 5) is 13.8. The van der Waals surface area contributed by atoms with Crippen molar-refractivity contribution in [2.45, 2.75) is 62.7 Å². The van der Waals surface area contributed by atoms with Crippen molar-refractivity contribution in [2.75, 3.05) is 13.1 Å². The number of halogens is 2. The first kappa shape index (κ1) is 31.3. The third-order valence-corrected chi connectivity index (χ3v) is 10.9. The first-order valence-electron chi connectivity index (χ1n) is 15.8. The Morgan fingerprint density at radius 3 is 2.30 bits per heavy atom. The van der Waals surface area contributed by atoms with Gasteiger partial charge in [0.2, 0.25) is 5.16 Å². The summed E-state index contributed by atoms with van der Waals surface area (Å²) in [5, 5.41) is 15.6.